The standard InChI is InChI=1S/C16H20N4S/c1-20(2)15(13-7-6-10-17-11-13)12-18-16(21)19-14-8-4-3-5-9-14/h3-11,15H,12H2,1-2H3,(H2,18,19,21)/t15-/m1/s1. The third-order valence-corrected chi connectivity index (χ3v) is 3.43. The molecule has 5 heteroatoms. The van der Waals surface area contributed by atoms with Crippen LogP contribution in [0.1, 0.15) is 11.6 Å². The number of thiocarbonyl (C=S) groups is 1. The summed E-state index contributed by atoms with van der Waals surface area (Å²) in [5, 5.41) is 7.06. The molecule has 0 saturated carbocycles. The summed E-state index contributed by atoms with van der Waals surface area (Å²) in [4.78, 5) is 6.33. The van der Waals surface area contributed by atoms with Crippen molar-refractivity contribution < 1.29 is 0 Å². The third-order valence-electron chi connectivity index (χ3n) is 3.18. The number of nitrogens with zero attached hydrogens (tertiary/aromatic N) is 2. The Kier molecular flexibility index (Phi) is 5.66. The van der Waals surface area contributed by atoms with Gasteiger partial charge in [-0.25, -0.2) is 0 Å². The van der Waals surface area contributed by atoms with Crippen LogP contribution in [-0.4, -0.2) is 35.6 Å². The Balaban J connectivity index is 1.92. The van der Waals surface area contributed by atoms with E-state index >= 15 is 0 Å². The number of anilines is 1. The predicted molar refractivity (Wildman–Crippen MR) is 91.3 cm³/mol. The number of benzene rings is 1. The monoisotopic (exact) mass is 300 g/mol. The Bertz CT molecular complexity index is 557. The minimum Gasteiger partial charge on any atom is -0.361 e. The molecule has 2 rings (SSSR count). The molecule has 2 N–H and O–H groups in total. The van der Waals surface area contributed by atoms with Gasteiger partial charge in [0.25, 0.3) is 0 Å². The molecule has 1 heterocycles. The summed E-state index contributed by atoms with van der Waals surface area (Å²) < 4.78 is 0. The minimum atomic E-state index is 0.217. The zero-order valence-corrected chi connectivity index (χ0v) is 13.1. The van der Waals surface area contributed by atoms with Crippen LogP contribution < -0.4 is 10.6 Å². The lowest BCUT2D eigenvalue weighted by Crippen LogP contribution is -2.36. The van der Waals surface area contributed by atoms with Crippen molar-refractivity contribution in [3.63, 3.8) is 0 Å². The Labute approximate surface area is 131 Å². The van der Waals surface area contributed by atoms with Gasteiger partial charge in [-0.05, 0) is 50.1 Å². The van der Waals surface area contributed by atoms with E-state index in [0.717, 1.165) is 17.8 Å². The molecule has 0 spiro atoms. The smallest absolute Gasteiger partial charge is 0.170 e. The molecule has 0 unspecified atom stereocenters. The van der Waals surface area contributed by atoms with Gasteiger partial charge in [0, 0.05) is 24.6 Å². The number of nitrogens with one attached hydrogen (secondary N) is 2. The number of hydrogen-bond acceptors (Lipinski definition) is 3. The molecule has 1 aromatic carbocycles. The highest BCUT2D eigenvalue weighted by Crippen LogP contribution is 2.15. The summed E-state index contributed by atoms with van der Waals surface area (Å²) in [6.07, 6.45) is 3.67. The molecule has 0 fully saturated rings. The van der Waals surface area contributed by atoms with Gasteiger partial charge in [0.05, 0.1) is 6.04 Å². The van der Waals surface area contributed by atoms with Crippen molar-refractivity contribution in [2.24, 2.45) is 0 Å². The van der Waals surface area contributed by atoms with E-state index in [2.05, 4.69) is 26.6 Å². The average molecular weight is 300 g/mol. The van der Waals surface area contributed by atoms with Crippen LogP contribution in [0.15, 0.2) is 54.9 Å². The molecular weight excluding hydrogens is 280 g/mol. The van der Waals surface area contributed by atoms with Gasteiger partial charge in [0.2, 0.25) is 0 Å². The van der Waals surface area contributed by atoms with Gasteiger partial charge in [-0.1, -0.05) is 24.3 Å². The van der Waals surface area contributed by atoms with Gasteiger partial charge in [0.15, 0.2) is 5.11 Å². The molecule has 110 valence electrons. The molecule has 0 radical (unpaired) electrons. The Morgan fingerprint density at radius 3 is 2.57 bits per heavy atom. The van der Waals surface area contributed by atoms with E-state index in [9.17, 15) is 0 Å². The highest BCUT2D eigenvalue weighted by Gasteiger charge is 2.14. The van der Waals surface area contributed by atoms with Crippen LogP contribution in [-0.2, 0) is 0 Å². The number of para-hydroxylation sites is 1. The number of hydrogen-bond donors (Lipinski definition) is 2. The van der Waals surface area contributed by atoms with Crippen molar-refractivity contribution in [2.45, 2.75) is 6.04 Å². The molecule has 0 bridgehead atoms. The van der Waals surface area contributed by atoms with E-state index in [1.165, 1.54) is 0 Å². The summed E-state index contributed by atoms with van der Waals surface area (Å²) in [5.41, 5.74) is 2.15. The second-order valence-corrected chi connectivity index (χ2v) is 5.38. The molecule has 21 heavy (non-hydrogen) atoms. The topological polar surface area (TPSA) is 40.2 Å². The van der Waals surface area contributed by atoms with E-state index in [-0.39, 0.29) is 6.04 Å². The SMILES string of the molecule is CN(C)[C@H](CNC(=S)Nc1ccccc1)c1cccnc1. The molecule has 0 saturated heterocycles. The van der Waals surface area contributed by atoms with E-state index in [1.54, 1.807) is 6.20 Å². The van der Waals surface area contributed by atoms with Crippen molar-refractivity contribution >= 4 is 23.0 Å². The molecule has 0 aliphatic rings. The number of rotatable bonds is 5. The quantitative estimate of drug-likeness (QED) is 0.831. The molecule has 0 aliphatic heterocycles. The van der Waals surface area contributed by atoms with Crippen molar-refractivity contribution in [1.29, 1.82) is 0 Å². The van der Waals surface area contributed by atoms with Gasteiger partial charge in [-0.15, -0.1) is 0 Å². The van der Waals surface area contributed by atoms with Crippen LogP contribution in [0.25, 0.3) is 0 Å². The lowest BCUT2D eigenvalue weighted by molar-refractivity contribution is 0.298. The van der Waals surface area contributed by atoms with Crippen LogP contribution in [0.5, 0.6) is 0 Å². The van der Waals surface area contributed by atoms with Gasteiger partial charge in [0.1, 0.15) is 0 Å². The first kappa shape index (κ1) is 15.4. The second kappa shape index (κ2) is 7.71. The Hall–Kier alpha value is -1.98. The number of aromatic nitrogens is 1. The van der Waals surface area contributed by atoms with Gasteiger partial charge in [-0.3, -0.25) is 4.98 Å². The zero-order valence-electron chi connectivity index (χ0n) is 12.3. The molecule has 2 aromatic rings. The molecule has 4 nitrogen and oxygen atoms in total. The third kappa shape index (κ3) is 4.81. The fourth-order valence-electron chi connectivity index (χ4n) is 2.06. The van der Waals surface area contributed by atoms with Crippen molar-refractivity contribution in [2.75, 3.05) is 26.0 Å². The van der Waals surface area contributed by atoms with Gasteiger partial charge >= 0.3 is 0 Å². The minimum absolute atomic E-state index is 0.217. The maximum atomic E-state index is 5.33. The van der Waals surface area contributed by atoms with E-state index in [1.807, 2.05) is 56.7 Å². The molecule has 1 atom stereocenters. The highest BCUT2D eigenvalue weighted by atomic mass is 32.1. The maximum Gasteiger partial charge on any atom is 0.170 e. The fourth-order valence-corrected chi connectivity index (χ4v) is 2.26. The Morgan fingerprint density at radius 2 is 1.95 bits per heavy atom. The molecule has 1 aromatic heterocycles. The normalized spacial score (nSPS) is 12.0. The first-order valence-corrected chi connectivity index (χ1v) is 7.24. The second-order valence-electron chi connectivity index (χ2n) is 4.97. The first-order chi connectivity index (χ1) is 10.2. The maximum absolute atomic E-state index is 5.33. The summed E-state index contributed by atoms with van der Waals surface area (Å²) >= 11 is 5.33. The molecule has 0 aliphatic carbocycles. The Morgan fingerprint density at radius 1 is 1.19 bits per heavy atom. The summed E-state index contributed by atoms with van der Waals surface area (Å²) in [5.74, 6) is 0. The summed E-state index contributed by atoms with van der Waals surface area (Å²) in [6.45, 7) is 0.720. The van der Waals surface area contributed by atoms with Crippen molar-refractivity contribution in [3.8, 4) is 0 Å². The summed E-state index contributed by atoms with van der Waals surface area (Å²) in [6, 6.07) is 14.1. The van der Waals surface area contributed by atoms with E-state index in [0.29, 0.717) is 5.11 Å². The van der Waals surface area contributed by atoms with E-state index in [4.69, 9.17) is 12.2 Å². The number of likely N-dealkylation sites (N-methyl/N-ethyl adjacent to an activating group) is 1. The van der Waals surface area contributed by atoms with Gasteiger partial charge in [-0.2, -0.15) is 0 Å². The summed E-state index contributed by atoms with van der Waals surface area (Å²) in [7, 11) is 4.10. The molecule has 0 amide bonds. The van der Waals surface area contributed by atoms with Gasteiger partial charge < -0.3 is 15.5 Å². The van der Waals surface area contributed by atoms with E-state index < -0.39 is 0 Å². The zero-order chi connectivity index (χ0) is 15.1. The fraction of sp³-hybridized carbons (Fsp3) is 0.250. The first-order valence-electron chi connectivity index (χ1n) is 6.83. The van der Waals surface area contributed by atoms with Crippen LogP contribution in [0, 0.1) is 0 Å². The highest BCUT2D eigenvalue weighted by molar-refractivity contribution is 7.80. The number of pyridine rings is 1. The predicted octanol–water partition coefficient (Wildman–Crippen LogP) is 2.67. The van der Waals surface area contributed by atoms with Crippen LogP contribution >= 0.6 is 12.2 Å². The largest absolute Gasteiger partial charge is 0.361 e. The van der Waals surface area contributed by atoms with Crippen LogP contribution in [0.2, 0.25) is 0 Å². The lowest BCUT2D eigenvalue weighted by atomic mass is 10.1. The van der Waals surface area contributed by atoms with Crippen molar-refractivity contribution in [1.82, 2.24) is 15.2 Å². The van der Waals surface area contributed by atoms with Crippen molar-refractivity contribution in [3.05, 3.63) is 60.4 Å². The molecular formula is C16H20N4S. The van der Waals surface area contributed by atoms with Crippen LogP contribution in [0.4, 0.5) is 5.69 Å². The van der Waals surface area contributed by atoms with Crippen LogP contribution in [0.3, 0.4) is 0 Å². The average Bonchev–Trinajstić information content (AvgIpc) is 2.49. The lowest BCUT2D eigenvalue weighted by Gasteiger charge is -2.25.